The second-order valence-corrected chi connectivity index (χ2v) is 11.9. The third kappa shape index (κ3) is 4.23. The second-order valence-electron chi connectivity index (χ2n) is 7.45. The Bertz CT molecular complexity index is 979. The molecule has 4 rings (SSSR count). The van der Waals surface area contributed by atoms with E-state index in [1.165, 1.54) is 21.2 Å². The molecule has 29 heavy (non-hydrogen) atoms. The minimum absolute atomic E-state index is 0.0966. The smallest absolute Gasteiger partial charge is 0.262 e. The van der Waals surface area contributed by atoms with Crippen LogP contribution in [-0.4, -0.2) is 49.8 Å². The lowest BCUT2D eigenvalue weighted by Crippen LogP contribution is -2.45. The van der Waals surface area contributed by atoms with Crippen LogP contribution in [0.3, 0.4) is 0 Å². The molecule has 2 aromatic rings. The van der Waals surface area contributed by atoms with E-state index in [9.17, 15) is 13.2 Å². The second kappa shape index (κ2) is 8.59. The Labute approximate surface area is 184 Å². The highest BCUT2D eigenvalue weighted by atomic mass is 35.5. The third-order valence-corrected chi connectivity index (χ3v) is 9.96. The number of hydrogen-bond acceptors (Lipinski definition) is 5. The quantitative estimate of drug-likeness (QED) is 0.693. The largest absolute Gasteiger partial charge is 0.350 e. The van der Waals surface area contributed by atoms with Gasteiger partial charge in [0.05, 0.1) is 0 Å². The number of halogens is 1. The van der Waals surface area contributed by atoms with Gasteiger partial charge >= 0.3 is 0 Å². The Morgan fingerprint density at radius 2 is 1.83 bits per heavy atom. The predicted octanol–water partition coefficient (Wildman–Crippen LogP) is 3.99. The normalized spacial score (nSPS) is 19.5. The maximum Gasteiger partial charge on any atom is 0.262 e. The van der Waals surface area contributed by atoms with E-state index in [1.807, 2.05) is 24.3 Å². The molecule has 156 valence electrons. The number of nitrogens with zero attached hydrogens (tertiary/aromatic N) is 1. The molecule has 0 unspecified atom stereocenters. The lowest BCUT2D eigenvalue weighted by Gasteiger charge is -2.42. The number of carbonyl (C=O) groups is 1. The topological polar surface area (TPSA) is 66.5 Å². The molecule has 2 heterocycles. The van der Waals surface area contributed by atoms with Crippen molar-refractivity contribution in [1.29, 1.82) is 0 Å². The number of amides is 1. The van der Waals surface area contributed by atoms with E-state index >= 15 is 0 Å². The van der Waals surface area contributed by atoms with Gasteiger partial charge in [-0.2, -0.15) is 16.1 Å². The fraction of sp³-hybridized carbons (Fsp3) is 0.450. The number of sulfonamides is 1. The summed E-state index contributed by atoms with van der Waals surface area (Å²) in [5, 5.41) is 5.38. The van der Waals surface area contributed by atoms with Gasteiger partial charge in [0.2, 0.25) is 10.0 Å². The van der Waals surface area contributed by atoms with E-state index in [1.54, 1.807) is 23.2 Å². The molecule has 2 fully saturated rings. The first-order chi connectivity index (χ1) is 13.9. The highest BCUT2D eigenvalue weighted by molar-refractivity contribution is 7.99. The Morgan fingerprint density at radius 1 is 1.14 bits per heavy atom. The van der Waals surface area contributed by atoms with Gasteiger partial charge in [0.1, 0.15) is 9.77 Å². The first-order valence-electron chi connectivity index (χ1n) is 9.62. The Balaban J connectivity index is 1.50. The van der Waals surface area contributed by atoms with Gasteiger partial charge in [-0.05, 0) is 42.0 Å². The van der Waals surface area contributed by atoms with Gasteiger partial charge in [0.15, 0.2) is 0 Å². The van der Waals surface area contributed by atoms with E-state index in [2.05, 4.69) is 5.32 Å². The van der Waals surface area contributed by atoms with Crippen LogP contribution in [0.25, 0.3) is 0 Å². The standard InChI is InChI=1S/C20H23ClN2O3S3/c21-16-4-2-15(3-5-16)20(7-1-8-20)14-22-19(24)18-17(6-11-28-18)29(25,26)23-9-12-27-13-10-23/h2-6,11H,1,7-10,12-14H2,(H,22,24). The van der Waals surface area contributed by atoms with Crippen LogP contribution in [-0.2, 0) is 15.4 Å². The van der Waals surface area contributed by atoms with E-state index in [0.717, 1.165) is 30.8 Å². The van der Waals surface area contributed by atoms with Crippen molar-refractivity contribution in [1.82, 2.24) is 9.62 Å². The van der Waals surface area contributed by atoms with Crippen LogP contribution in [0.4, 0.5) is 0 Å². The molecule has 1 N–H and O–H groups in total. The molecule has 1 aromatic carbocycles. The summed E-state index contributed by atoms with van der Waals surface area (Å²) in [7, 11) is -3.64. The average molecular weight is 471 g/mol. The molecule has 1 saturated heterocycles. The SMILES string of the molecule is O=C(NCC1(c2ccc(Cl)cc2)CCC1)c1sccc1S(=O)(=O)N1CCSCC1. The van der Waals surface area contributed by atoms with E-state index in [-0.39, 0.29) is 21.1 Å². The van der Waals surface area contributed by atoms with Crippen molar-refractivity contribution in [2.75, 3.05) is 31.1 Å². The van der Waals surface area contributed by atoms with Crippen LogP contribution in [0.2, 0.25) is 5.02 Å². The summed E-state index contributed by atoms with van der Waals surface area (Å²) in [6.07, 6.45) is 3.11. The minimum Gasteiger partial charge on any atom is -0.350 e. The van der Waals surface area contributed by atoms with Gasteiger partial charge in [-0.1, -0.05) is 30.2 Å². The number of thiophene rings is 1. The van der Waals surface area contributed by atoms with Gasteiger partial charge in [-0.15, -0.1) is 11.3 Å². The van der Waals surface area contributed by atoms with Gasteiger partial charge in [-0.3, -0.25) is 4.79 Å². The van der Waals surface area contributed by atoms with Crippen LogP contribution in [0.15, 0.2) is 40.6 Å². The van der Waals surface area contributed by atoms with Crippen molar-refractivity contribution in [3.8, 4) is 0 Å². The summed E-state index contributed by atoms with van der Waals surface area (Å²) < 4.78 is 27.5. The average Bonchev–Trinajstić information content (AvgIpc) is 3.20. The highest BCUT2D eigenvalue weighted by Gasteiger charge is 2.39. The molecule has 1 aliphatic carbocycles. The summed E-state index contributed by atoms with van der Waals surface area (Å²) >= 11 is 8.94. The van der Waals surface area contributed by atoms with Crippen LogP contribution >= 0.6 is 34.7 Å². The first-order valence-corrected chi connectivity index (χ1v) is 13.5. The van der Waals surface area contributed by atoms with Gasteiger partial charge in [0, 0.05) is 41.6 Å². The summed E-state index contributed by atoms with van der Waals surface area (Å²) in [6.45, 7) is 1.47. The third-order valence-electron chi connectivity index (χ3n) is 5.78. The van der Waals surface area contributed by atoms with Crippen LogP contribution in [0, 0.1) is 0 Å². The van der Waals surface area contributed by atoms with E-state index in [0.29, 0.717) is 24.7 Å². The van der Waals surface area contributed by atoms with E-state index in [4.69, 9.17) is 11.6 Å². The highest BCUT2D eigenvalue weighted by Crippen LogP contribution is 2.43. The summed E-state index contributed by atoms with van der Waals surface area (Å²) in [5.41, 5.74) is 1.07. The molecule has 2 aliphatic rings. The zero-order valence-electron chi connectivity index (χ0n) is 15.9. The predicted molar refractivity (Wildman–Crippen MR) is 120 cm³/mol. The molecule has 1 aliphatic heterocycles. The number of thioether (sulfide) groups is 1. The summed E-state index contributed by atoms with van der Waals surface area (Å²) in [4.78, 5) is 13.3. The molecule has 0 spiro atoms. The molecule has 0 bridgehead atoms. The van der Waals surface area contributed by atoms with Gasteiger partial charge in [-0.25, -0.2) is 8.42 Å². The lowest BCUT2D eigenvalue weighted by atomic mass is 9.64. The van der Waals surface area contributed by atoms with Crippen LogP contribution in [0.5, 0.6) is 0 Å². The van der Waals surface area contributed by atoms with Crippen molar-refractivity contribution in [2.45, 2.75) is 29.6 Å². The molecular weight excluding hydrogens is 448 g/mol. The van der Waals surface area contributed by atoms with Crippen LogP contribution < -0.4 is 5.32 Å². The number of rotatable bonds is 6. The molecule has 0 radical (unpaired) electrons. The number of hydrogen-bond donors (Lipinski definition) is 1. The van der Waals surface area contributed by atoms with Crippen molar-refractivity contribution in [3.63, 3.8) is 0 Å². The number of benzene rings is 1. The lowest BCUT2D eigenvalue weighted by molar-refractivity contribution is 0.0929. The summed E-state index contributed by atoms with van der Waals surface area (Å²) in [5.74, 6) is 1.26. The van der Waals surface area contributed by atoms with Crippen molar-refractivity contribution in [3.05, 3.63) is 51.2 Å². The Morgan fingerprint density at radius 3 is 2.45 bits per heavy atom. The molecule has 1 saturated carbocycles. The zero-order chi connectivity index (χ0) is 20.5. The molecule has 0 atom stereocenters. The molecule has 1 amide bonds. The fourth-order valence-corrected chi connectivity index (χ4v) is 7.92. The molecular formula is C20H23ClN2O3S3. The monoisotopic (exact) mass is 470 g/mol. The van der Waals surface area contributed by atoms with Crippen LogP contribution in [0.1, 0.15) is 34.5 Å². The fourth-order valence-electron chi connectivity index (χ4n) is 3.90. The Kier molecular flexibility index (Phi) is 6.27. The van der Waals surface area contributed by atoms with E-state index < -0.39 is 10.0 Å². The molecule has 9 heteroatoms. The minimum atomic E-state index is -3.64. The Hall–Kier alpha value is -1.06. The molecule has 5 nitrogen and oxygen atoms in total. The number of carbonyl (C=O) groups excluding carboxylic acids is 1. The maximum atomic E-state index is 13.0. The zero-order valence-corrected chi connectivity index (χ0v) is 19.1. The van der Waals surface area contributed by atoms with Gasteiger partial charge < -0.3 is 5.32 Å². The van der Waals surface area contributed by atoms with Gasteiger partial charge in [0.25, 0.3) is 5.91 Å². The summed E-state index contributed by atoms with van der Waals surface area (Å²) in [6, 6.07) is 9.33. The molecule has 1 aromatic heterocycles. The number of nitrogens with one attached hydrogen (secondary N) is 1. The maximum absolute atomic E-state index is 13.0. The van der Waals surface area contributed by atoms with Crippen molar-refractivity contribution >= 4 is 50.6 Å². The van der Waals surface area contributed by atoms with Crippen molar-refractivity contribution in [2.24, 2.45) is 0 Å². The first kappa shape index (κ1) is 21.2. The van der Waals surface area contributed by atoms with Crippen molar-refractivity contribution < 1.29 is 13.2 Å².